The van der Waals surface area contributed by atoms with Gasteiger partial charge in [0, 0.05) is 28.3 Å². The number of halogens is 1. The van der Waals surface area contributed by atoms with Crippen LogP contribution in [0.15, 0.2) is 57.5 Å². The smallest absolute Gasteiger partial charge is 0.323 e. The zero-order chi connectivity index (χ0) is 16.2. The van der Waals surface area contributed by atoms with E-state index in [-0.39, 0.29) is 6.03 Å². The van der Waals surface area contributed by atoms with Crippen molar-refractivity contribution in [3.8, 4) is 11.4 Å². The third-order valence-electron chi connectivity index (χ3n) is 3.01. The van der Waals surface area contributed by atoms with Crippen molar-refractivity contribution < 1.29 is 9.32 Å². The number of rotatable bonds is 3. The van der Waals surface area contributed by atoms with Gasteiger partial charge in [0.25, 0.3) is 0 Å². The van der Waals surface area contributed by atoms with Crippen LogP contribution in [0.5, 0.6) is 0 Å². The van der Waals surface area contributed by atoms with E-state index in [4.69, 9.17) is 4.52 Å². The van der Waals surface area contributed by atoms with Crippen molar-refractivity contribution in [2.45, 2.75) is 6.92 Å². The number of urea groups is 1. The highest BCUT2D eigenvalue weighted by Gasteiger charge is 2.08. The minimum Gasteiger partial charge on any atom is -0.339 e. The number of amides is 2. The Morgan fingerprint density at radius 2 is 1.83 bits per heavy atom. The largest absolute Gasteiger partial charge is 0.339 e. The van der Waals surface area contributed by atoms with E-state index in [0.717, 1.165) is 10.0 Å². The fraction of sp³-hybridized carbons (Fsp3) is 0.0625. The van der Waals surface area contributed by atoms with Crippen molar-refractivity contribution in [3.63, 3.8) is 0 Å². The molecule has 3 aromatic rings. The summed E-state index contributed by atoms with van der Waals surface area (Å²) in [6, 6.07) is 14.2. The zero-order valence-electron chi connectivity index (χ0n) is 12.2. The van der Waals surface area contributed by atoms with Gasteiger partial charge in [-0.05, 0) is 36.4 Å². The fourth-order valence-corrected chi connectivity index (χ4v) is 2.24. The van der Waals surface area contributed by atoms with Gasteiger partial charge in [-0.1, -0.05) is 33.2 Å². The summed E-state index contributed by atoms with van der Waals surface area (Å²) < 4.78 is 5.91. The molecular weight excluding hydrogens is 360 g/mol. The number of anilines is 2. The number of carbonyl (C=O) groups is 1. The first-order valence-electron chi connectivity index (χ1n) is 6.84. The Hall–Kier alpha value is -2.67. The van der Waals surface area contributed by atoms with Gasteiger partial charge in [-0.25, -0.2) is 4.79 Å². The van der Waals surface area contributed by atoms with Gasteiger partial charge in [-0.15, -0.1) is 0 Å². The lowest BCUT2D eigenvalue weighted by Crippen LogP contribution is -2.19. The van der Waals surface area contributed by atoms with Crippen LogP contribution in [0.2, 0.25) is 0 Å². The summed E-state index contributed by atoms with van der Waals surface area (Å²) in [5.41, 5.74) is 2.11. The second kappa shape index (κ2) is 6.62. The molecule has 0 aliphatic rings. The van der Waals surface area contributed by atoms with Crippen molar-refractivity contribution in [1.82, 2.24) is 10.1 Å². The van der Waals surface area contributed by atoms with E-state index in [1.54, 1.807) is 19.1 Å². The number of nitrogens with zero attached hydrogens (tertiary/aromatic N) is 2. The molecule has 2 amide bonds. The number of nitrogens with one attached hydrogen (secondary N) is 2. The highest BCUT2D eigenvalue weighted by atomic mass is 79.9. The topological polar surface area (TPSA) is 80.0 Å². The van der Waals surface area contributed by atoms with Crippen molar-refractivity contribution in [3.05, 3.63) is 58.9 Å². The van der Waals surface area contributed by atoms with E-state index in [1.165, 1.54) is 0 Å². The standard InChI is InChI=1S/C16H13BrN4O2/c1-10-18-15(21-23-10)11-3-2-4-14(9-11)20-16(22)19-13-7-5-12(17)6-8-13/h2-9H,1H3,(H2,19,20,22). The molecule has 116 valence electrons. The van der Waals surface area contributed by atoms with Crippen LogP contribution in [-0.2, 0) is 0 Å². The van der Waals surface area contributed by atoms with Crippen LogP contribution in [0.1, 0.15) is 5.89 Å². The Bertz CT molecular complexity index is 830. The highest BCUT2D eigenvalue weighted by molar-refractivity contribution is 9.10. The summed E-state index contributed by atoms with van der Waals surface area (Å²) in [7, 11) is 0. The molecule has 1 aromatic heterocycles. The molecule has 0 spiro atoms. The molecule has 0 radical (unpaired) electrons. The third-order valence-corrected chi connectivity index (χ3v) is 3.54. The van der Waals surface area contributed by atoms with Crippen LogP contribution in [0.4, 0.5) is 16.2 Å². The Balaban J connectivity index is 1.70. The fourth-order valence-electron chi connectivity index (χ4n) is 1.98. The first-order valence-corrected chi connectivity index (χ1v) is 7.64. The van der Waals surface area contributed by atoms with Crippen LogP contribution in [-0.4, -0.2) is 16.2 Å². The Kier molecular flexibility index (Phi) is 4.38. The van der Waals surface area contributed by atoms with Gasteiger partial charge in [0.15, 0.2) is 0 Å². The second-order valence-corrected chi connectivity index (χ2v) is 5.72. The summed E-state index contributed by atoms with van der Waals surface area (Å²) in [5, 5.41) is 9.40. The molecule has 0 aliphatic heterocycles. The van der Waals surface area contributed by atoms with E-state index in [2.05, 4.69) is 36.7 Å². The third kappa shape index (κ3) is 3.95. The molecule has 3 rings (SSSR count). The van der Waals surface area contributed by atoms with E-state index in [1.807, 2.05) is 36.4 Å². The van der Waals surface area contributed by atoms with Crippen LogP contribution in [0.3, 0.4) is 0 Å². The molecule has 2 aromatic carbocycles. The van der Waals surface area contributed by atoms with Gasteiger partial charge in [0.2, 0.25) is 11.7 Å². The van der Waals surface area contributed by atoms with Gasteiger partial charge in [0.1, 0.15) is 0 Å². The van der Waals surface area contributed by atoms with Gasteiger partial charge >= 0.3 is 6.03 Å². The maximum Gasteiger partial charge on any atom is 0.323 e. The lowest BCUT2D eigenvalue weighted by molar-refractivity contribution is 0.262. The number of benzene rings is 2. The molecule has 0 unspecified atom stereocenters. The summed E-state index contributed by atoms with van der Waals surface area (Å²) in [6.07, 6.45) is 0. The maximum atomic E-state index is 12.0. The van der Waals surface area contributed by atoms with E-state index < -0.39 is 0 Å². The number of carbonyl (C=O) groups excluding carboxylic acids is 1. The van der Waals surface area contributed by atoms with E-state index in [9.17, 15) is 4.79 Å². The lowest BCUT2D eigenvalue weighted by Gasteiger charge is -2.08. The number of aromatic nitrogens is 2. The SMILES string of the molecule is Cc1nc(-c2cccc(NC(=O)Nc3ccc(Br)cc3)c2)no1. The molecule has 0 bridgehead atoms. The van der Waals surface area contributed by atoms with Crippen LogP contribution in [0, 0.1) is 6.92 Å². The summed E-state index contributed by atoms with van der Waals surface area (Å²) in [5.74, 6) is 0.978. The second-order valence-electron chi connectivity index (χ2n) is 4.80. The highest BCUT2D eigenvalue weighted by Crippen LogP contribution is 2.20. The molecule has 23 heavy (non-hydrogen) atoms. The predicted molar refractivity (Wildman–Crippen MR) is 91.3 cm³/mol. The molecule has 0 saturated heterocycles. The molecule has 0 aliphatic carbocycles. The van der Waals surface area contributed by atoms with Gasteiger partial charge < -0.3 is 15.2 Å². The first-order chi connectivity index (χ1) is 11.1. The van der Waals surface area contributed by atoms with Crippen molar-refractivity contribution in [1.29, 1.82) is 0 Å². The van der Waals surface area contributed by atoms with Gasteiger partial charge in [0.05, 0.1) is 0 Å². The van der Waals surface area contributed by atoms with Crippen LogP contribution >= 0.6 is 15.9 Å². The molecule has 2 N–H and O–H groups in total. The molecule has 0 fully saturated rings. The number of hydrogen-bond donors (Lipinski definition) is 2. The molecule has 0 atom stereocenters. The Morgan fingerprint density at radius 1 is 1.09 bits per heavy atom. The van der Waals surface area contributed by atoms with Crippen LogP contribution in [0.25, 0.3) is 11.4 Å². The average molecular weight is 373 g/mol. The summed E-state index contributed by atoms with van der Waals surface area (Å²) >= 11 is 3.35. The van der Waals surface area contributed by atoms with Crippen molar-refractivity contribution >= 4 is 33.3 Å². The minimum atomic E-state index is -0.325. The normalized spacial score (nSPS) is 10.3. The van der Waals surface area contributed by atoms with E-state index >= 15 is 0 Å². The first kappa shape index (κ1) is 15.2. The zero-order valence-corrected chi connectivity index (χ0v) is 13.8. The lowest BCUT2D eigenvalue weighted by atomic mass is 10.2. The Morgan fingerprint density at radius 3 is 2.52 bits per heavy atom. The monoisotopic (exact) mass is 372 g/mol. The molecular formula is C16H13BrN4O2. The van der Waals surface area contributed by atoms with E-state index in [0.29, 0.717) is 23.1 Å². The van der Waals surface area contributed by atoms with Gasteiger partial charge in [-0.2, -0.15) is 4.98 Å². The Labute approximate surface area is 141 Å². The van der Waals surface area contributed by atoms with Crippen LogP contribution < -0.4 is 10.6 Å². The average Bonchev–Trinajstić information content (AvgIpc) is 2.96. The molecule has 7 heteroatoms. The minimum absolute atomic E-state index is 0.325. The molecule has 1 heterocycles. The maximum absolute atomic E-state index is 12.0. The number of aryl methyl sites for hydroxylation is 1. The molecule has 6 nitrogen and oxygen atoms in total. The van der Waals surface area contributed by atoms with Crippen molar-refractivity contribution in [2.75, 3.05) is 10.6 Å². The summed E-state index contributed by atoms with van der Waals surface area (Å²) in [6.45, 7) is 1.73. The van der Waals surface area contributed by atoms with Gasteiger partial charge in [-0.3, -0.25) is 0 Å². The quantitative estimate of drug-likeness (QED) is 0.711. The summed E-state index contributed by atoms with van der Waals surface area (Å²) in [4.78, 5) is 16.2. The number of hydrogen-bond acceptors (Lipinski definition) is 4. The predicted octanol–water partition coefficient (Wildman–Crippen LogP) is 4.45. The van der Waals surface area contributed by atoms with Crippen molar-refractivity contribution in [2.24, 2.45) is 0 Å². The molecule has 0 saturated carbocycles.